The van der Waals surface area contributed by atoms with Crippen LogP contribution >= 0.6 is 11.8 Å². The fourth-order valence-electron chi connectivity index (χ4n) is 1.62. The number of hydrogen-bond acceptors (Lipinski definition) is 4. The van der Waals surface area contributed by atoms with Crippen molar-refractivity contribution in [1.82, 2.24) is 4.98 Å². The van der Waals surface area contributed by atoms with Crippen molar-refractivity contribution in [2.75, 3.05) is 0 Å². The van der Waals surface area contributed by atoms with Gasteiger partial charge in [-0.05, 0) is 44.2 Å². The number of rotatable bonds is 5. The molecule has 0 bridgehead atoms. The molecule has 1 aromatic heterocycles. The number of halogens is 1. The van der Waals surface area contributed by atoms with Crippen LogP contribution < -0.4 is 4.74 Å². The van der Waals surface area contributed by atoms with E-state index in [0.29, 0.717) is 10.8 Å². The third-order valence-corrected chi connectivity index (χ3v) is 3.52. The van der Waals surface area contributed by atoms with Gasteiger partial charge in [0.05, 0.1) is 16.6 Å². The Balaban J connectivity index is 2.34. The average Bonchev–Trinajstić information content (AvgIpc) is 2.42. The number of hydrogen-bond donors (Lipinski definition) is 1. The van der Waals surface area contributed by atoms with Crippen molar-refractivity contribution in [2.45, 2.75) is 29.9 Å². The maximum atomic E-state index is 13.8. The van der Waals surface area contributed by atoms with Crippen LogP contribution in [0.4, 0.5) is 4.39 Å². The predicted molar refractivity (Wildman–Crippen MR) is 77.5 cm³/mol. The van der Waals surface area contributed by atoms with Gasteiger partial charge in [-0.15, -0.1) is 0 Å². The first-order valence-corrected chi connectivity index (χ1v) is 7.11. The Morgan fingerprint density at radius 2 is 2.14 bits per heavy atom. The molecule has 21 heavy (non-hydrogen) atoms. The third kappa shape index (κ3) is 3.95. The van der Waals surface area contributed by atoms with E-state index < -0.39 is 11.8 Å². The normalized spacial score (nSPS) is 10.7. The topological polar surface area (TPSA) is 59.4 Å². The lowest BCUT2D eigenvalue weighted by atomic mass is 10.2. The minimum absolute atomic E-state index is 0.0289. The van der Waals surface area contributed by atoms with Gasteiger partial charge in [-0.2, -0.15) is 0 Å². The zero-order chi connectivity index (χ0) is 15.4. The molecule has 0 aliphatic heterocycles. The Morgan fingerprint density at radius 1 is 1.38 bits per heavy atom. The van der Waals surface area contributed by atoms with Crippen LogP contribution in [0.15, 0.2) is 46.5 Å². The number of carboxylic acids is 1. The molecule has 6 heteroatoms. The Labute approximate surface area is 126 Å². The minimum atomic E-state index is -1.10. The Bertz CT molecular complexity index is 661. The number of carboxylic acid groups (broad SMARTS) is 1. The molecule has 0 aliphatic carbocycles. The Hall–Kier alpha value is -2.08. The number of ether oxygens (including phenoxy) is 1. The first kappa shape index (κ1) is 15.3. The molecule has 110 valence electrons. The highest BCUT2D eigenvalue weighted by molar-refractivity contribution is 7.99. The standard InChI is InChI=1S/C15H14FNO3S/c1-9(2)20-12-4-3-7-17-14(12)21-13-8-10(15(18)19)5-6-11(13)16/h3-9H,1-2H3,(H,18,19). The lowest BCUT2D eigenvalue weighted by molar-refractivity contribution is 0.0696. The number of nitrogens with zero attached hydrogens (tertiary/aromatic N) is 1. The zero-order valence-corrected chi connectivity index (χ0v) is 12.4. The molecule has 0 radical (unpaired) electrons. The van der Waals surface area contributed by atoms with Crippen molar-refractivity contribution in [2.24, 2.45) is 0 Å². The van der Waals surface area contributed by atoms with Crippen LogP contribution in [0, 0.1) is 5.82 Å². The van der Waals surface area contributed by atoms with Crippen LogP contribution in [0.3, 0.4) is 0 Å². The monoisotopic (exact) mass is 307 g/mol. The Morgan fingerprint density at radius 3 is 2.81 bits per heavy atom. The lowest BCUT2D eigenvalue weighted by Gasteiger charge is -2.13. The fourth-order valence-corrected chi connectivity index (χ4v) is 2.51. The number of aromatic carboxylic acids is 1. The number of pyridine rings is 1. The SMILES string of the molecule is CC(C)Oc1cccnc1Sc1cc(C(=O)O)ccc1F. The molecular formula is C15H14FNO3S. The van der Waals surface area contributed by atoms with Crippen LogP contribution in [-0.4, -0.2) is 22.2 Å². The summed E-state index contributed by atoms with van der Waals surface area (Å²) in [5.74, 6) is -1.06. The van der Waals surface area contributed by atoms with Crippen molar-refractivity contribution in [3.05, 3.63) is 47.9 Å². The van der Waals surface area contributed by atoms with E-state index in [1.54, 1.807) is 18.3 Å². The summed E-state index contributed by atoms with van der Waals surface area (Å²) < 4.78 is 19.4. The predicted octanol–water partition coefficient (Wildman–Crippen LogP) is 3.86. The summed E-state index contributed by atoms with van der Waals surface area (Å²) in [4.78, 5) is 15.3. The van der Waals surface area contributed by atoms with Crippen LogP contribution in [-0.2, 0) is 0 Å². The number of benzene rings is 1. The molecule has 0 amide bonds. The van der Waals surface area contributed by atoms with Gasteiger partial charge in [0.25, 0.3) is 0 Å². The minimum Gasteiger partial charge on any atom is -0.488 e. The first-order chi connectivity index (χ1) is 9.97. The van der Waals surface area contributed by atoms with Crippen LogP contribution in [0.1, 0.15) is 24.2 Å². The van der Waals surface area contributed by atoms with E-state index in [4.69, 9.17) is 9.84 Å². The van der Waals surface area contributed by atoms with Gasteiger partial charge in [0.1, 0.15) is 10.8 Å². The first-order valence-electron chi connectivity index (χ1n) is 6.29. The summed E-state index contributed by atoms with van der Waals surface area (Å²) in [7, 11) is 0. The highest BCUT2D eigenvalue weighted by Gasteiger charge is 2.13. The summed E-state index contributed by atoms with van der Waals surface area (Å²) in [6.45, 7) is 3.76. The van der Waals surface area contributed by atoms with Crippen LogP contribution in [0.5, 0.6) is 5.75 Å². The van der Waals surface area contributed by atoms with Crippen molar-refractivity contribution in [3.8, 4) is 5.75 Å². The van der Waals surface area contributed by atoms with Gasteiger partial charge in [0, 0.05) is 6.20 Å². The lowest BCUT2D eigenvalue weighted by Crippen LogP contribution is -2.06. The fraction of sp³-hybridized carbons (Fsp3) is 0.200. The van der Waals surface area contributed by atoms with E-state index in [-0.39, 0.29) is 16.6 Å². The van der Waals surface area contributed by atoms with E-state index in [0.717, 1.165) is 17.8 Å². The summed E-state index contributed by atoms with van der Waals surface area (Å²) >= 11 is 1.04. The second-order valence-electron chi connectivity index (χ2n) is 4.53. The maximum Gasteiger partial charge on any atom is 0.335 e. The molecule has 0 saturated heterocycles. The largest absolute Gasteiger partial charge is 0.488 e. The number of aromatic nitrogens is 1. The molecule has 2 aromatic rings. The zero-order valence-electron chi connectivity index (χ0n) is 11.5. The van der Waals surface area contributed by atoms with E-state index in [1.807, 2.05) is 13.8 Å². The van der Waals surface area contributed by atoms with Crippen molar-refractivity contribution in [3.63, 3.8) is 0 Å². The van der Waals surface area contributed by atoms with Gasteiger partial charge in [-0.3, -0.25) is 0 Å². The third-order valence-electron chi connectivity index (χ3n) is 2.48. The molecule has 0 atom stereocenters. The molecule has 0 fully saturated rings. The van der Waals surface area contributed by atoms with Gasteiger partial charge in [0.2, 0.25) is 0 Å². The van der Waals surface area contributed by atoms with Gasteiger partial charge in [-0.1, -0.05) is 11.8 Å². The molecule has 1 heterocycles. The Kier molecular flexibility index (Phi) is 4.80. The smallest absolute Gasteiger partial charge is 0.335 e. The molecule has 0 spiro atoms. The molecule has 0 saturated carbocycles. The van der Waals surface area contributed by atoms with Gasteiger partial charge in [0.15, 0.2) is 5.75 Å². The molecule has 1 N–H and O–H groups in total. The van der Waals surface area contributed by atoms with Crippen molar-refractivity contribution >= 4 is 17.7 Å². The maximum absolute atomic E-state index is 13.8. The molecule has 1 aromatic carbocycles. The molecular weight excluding hydrogens is 293 g/mol. The molecule has 4 nitrogen and oxygen atoms in total. The summed E-state index contributed by atoms with van der Waals surface area (Å²) in [5, 5.41) is 9.46. The molecule has 0 unspecified atom stereocenters. The van der Waals surface area contributed by atoms with Gasteiger partial charge >= 0.3 is 5.97 Å². The number of carbonyl (C=O) groups is 1. The quantitative estimate of drug-likeness (QED) is 0.909. The highest BCUT2D eigenvalue weighted by atomic mass is 32.2. The second-order valence-corrected chi connectivity index (χ2v) is 5.56. The van der Waals surface area contributed by atoms with Gasteiger partial charge in [-0.25, -0.2) is 14.2 Å². The summed E-state index contributed by atoms with van der Waals surface area (Å²) in [6, 6.07) is 7.12. The average molecular weight is 307 g/mol. The summed E-state index contributed by atoms with van der Waals surface area (Å²) in [6.07, 6.45) is 1.54. The van der Waals surface area contributed by atoms with Gasteiger partial charge < -0.3 is 9.84 Å². The van der Waals surface area contributed by atoms with Crippen LogP contribution in [0.25, 0.3) is 0 Å². The van der Waals surface area contributed by atoms with E-state index >= 15 is 0 Å². The summed E-state index contributed by atoms with van der Waals surface area (Å²) in [5.41, 5.74) is 0.0289. The molecule has 2 rings (SSSR count). The molecule has 0 aliphatic rings. The van der Waals surface area contributed by atoms with Crippen molar-refractivity contribution < 1.29 is 19.0 Å². The van der Waals surface area contributed by atoms with E-state index in [2.05, 4.69) is 4.98 Å². The van der Waals surface area contributed by atoms with Crippen LogP contribution in [0.2, 0.25) is 0 Å². The van der Waals surface area contributed by atoms with Crippen molar-refractivity contribution in [1.29, 1.82) is 0 Å². The van der Waals surface area contributed by atoms with E-state index in [1.165, 1.54) is 12.1 Å². The van der Waals surface area contributed by atoms with E-state index in [9.17, 15) is 9.18 Å². The second kappa shape index (κ2) is 6.58. The highest BCUT2D eigenvalue weighted by Crippen LogP contribution is 2.35.